The number of aliphatic hydroxyl groups is 1. The van der Waals surface area contributed by atoms with E-state index in [1.165, 1.54) is 11.3 Å². The Morgan fingerprint density at radius 3 is 3.11 bits per heavy atom. The van der Waals surface area contributed by atoms with Crippen LogP contribution in [0.25, 0.3) is 0 Å². The van der Waals surface area contributed by atoms with Crippen molar-refractivity contribution in [2.45, 2.75) is 19.4 Å². The minimum Gasteiger partial charge on any atom is -0.388 e. The number of aliphatic hydroxyl groups excluding tert-OH is 1. The number of hydrogen-bond donors (Lipinski definition) is 1. The van der Waals surface area contributed by atoms with Crippen molar-refractivity contribution in [3.05, 3.63) is 16.6 Å². The van der Waals surface area contributed by atoms with Crippen molar-refractivity contribution in [1.82, 2.24) is 4.98 Å². The fourth-order valence-corrected chi connectivity index (χ4v) is 1.28. The van der Waals surface area contributed by atoms with Crippen LogP contribution in [0.4, 0.5) is 0 Å². The second-order valence-corrected chi connectivity index (χ2v) is 2.75. The van der Waals surface area contributed by atoms with Gasteiger partial charge in [-0.3, -0.25) is 4.98 Å². The molecule has 0 aromatic carbocycles. The lowest BCUT2D eigenvalue weighted by Crippen LogP contribution is -1.89. The highest BCUT2D eigenvalue weighted by Crippen LogP contribution is 2.18. The first kappa shape index (κ1) is 6.71. The SMILES string of the molecule is CC[C@H](O)c1cncs1. The Kier molecular flexibility index (Phi) is 2.19. The molecule has 0 aliphatic carbocycles. The first-order valence-electron chi connectivity index (χ1n) is 2.91. The van der Waals surface area contributed by atoms with Crippen molar-refractivity contribution >= 4 is 11.3 Å². The zero-order valence-corrected chi connectivity index (χ0v) is 6.06. The van der Waals surface area contributed by atoms with Crippen molar-refractivity contribution in [3.63, 3.8) is 0 Å². The second-order valence-electron chi connectivity index (χ2n) is 1.83. The number of rotatable bonds is 2. The van der Waals surface area contributed by atoms with E-state index < -0.39 is 0 Å². The molecule has 0 bridgehead atoms. The monoisotopic (exact) mass is 143 g/mol. The smallest absolute Gasteiger partial charge is 0.0895 e. The van der Waals surface area contributed by atoms with Crippen LogP contribution in [0.3, 0.4) is 0 Å². The van der Waals surface area contributed by atoms with Gasteiger partial charge in [-0.25, -0.2) is 0 Å². The summed E-state index contributed by atoms with van der Waals surface area (Å²) >= 11 is 1.49. The maximum Gasteiger partial charge on any atom is 0.0895 e. The van der Waals surface area contributed by atoms with Gasteiger partial charge in [0.25, 0.3) is 0 Å². The minimum absolute atomic E-state index is 0.308. The van der Waals surface area contributed by atoms with Gasteiger partial charge in [0, 0.05) is 6.20 Å². The summed E-state index contributed by atoms with van der Waals surface area (Å²) < 4.78 is 0. The van der Waals surface area contributed by atoms with Gasteiger partial charge in [-0.15, -0.1) is 11.3 Å². The molecule has 0 radical (unpaired) electrons. The predicted octanol–water partition coefficient (Wildman–Crippen LogP) is 1.59. The highest BCUT2D eigenvalue weighted by molar-refractivity contribution is 7.09. The maximum absolute atomic E-state index is 9.19. The maximum atomic E-state index is 9.19. The van der Waals surface area contributed by atoms with Crippen LogP contribution in [-0.2, 0) is 0 Å². The summed E-state index contributed by atoms with van der Waals surface area (Å²) in [5.74, 6) is 0. The minimum atomic E-state index is -0.308. The molecule has 0 spiro atoms. The molecule has 0 saturated heterocycles. The molecule has 2 nitrogen and oxygen atoms in total. The van der Waals surface area contributed by atoms with Crippen molar-refractivity contribution < 1.29 is 5.11 Å². The van der Waals surface area contributed by atoms with Crippen LogP contribution in [0.5, 0.6) is 0 Å². The fraction of sp³-hybridized carbons (Fsp3) is 0.500. The summed E-state index contributed by atoms with van der Waals surface area (Å²) in [4.78, 5) is 4.81. The number of aromatic nitrogens is 1. The van der Waals surface area contributed by atoms with Crippen LogP contribution in [0.2, 0.25) is 0 Å². The fourth-order valence-electron chi connectivity index (χ4n) is 0.591. The van der Waals surface area contributed by atoms with Gasteiger partial charge in [0.05, 0.1) is 16.5 Å². The van der Waals surface area contributed by atoms with Gasteiger partial charge >= 0.3 is 0 Å². The van der Waals surface area contributed by atoms with Crippen LogP contribution in [0.1, 0.15) is 24.3 Å². The second kappa shape index (κ2) is 2.94. The van der Waals surface area contributed by atoms with Gasteiger partial charge < -0.3 is 5.11 Å². The average Bonchev–Trinajstić information content (AvgIpc) is 2.37. The summed E-state index contributed by atoms with van der Waals surface area (Å²) in [5, 5.41) is 9.19. The molecule has 1 aromatic rings. The lowest BCUT2D eigenvalue weighted by molar-refractivity contribution is 0.177. The van der Waals surface area contributed by atoms with Gasteiger partial charge in [-0.2, -0.15) is 0 Å². The molecule has 0 amide bonds. The summed E-state index contributed by atoms with van der Waals surface area (Å²) in [6.07, 6.45) is 2.17. The molecule has 1 N–H and O–H groups in total. The van der Waals surface area contributed by atoms with Gasteiger partial charge in [0.2, 0.25) is 0 Å². The molecule has 0 aliphatic rings. The summed E-state index contributed by atoms with van der Waals surface area (Å²) in [5.41, 5.74) is 1.73. The molecule has 0 fully saturated rings. The zero-order valence-electron chi connectivity index (χ0n) is 5.24. The topological polar surface area (TPSA) is 33.1 Å². The number of hydrogen-bond acceptors (Lipinski definition) is 3. The normalized spacial score (nSPS) is 13.6. The first-order chi connectivity index (χ1) is 4.34. The predicted molar refractivity (Wildman–Crippen MR) is 37.4 cm³/mol. The van der Waals surface area contributed by atoms with E-state index in [-0.39, 0.29) is 6.10 Å². The van der Waals surface area contributed by atoms with E-state index in [9.17, 15) is 5.11 Å². The third-order valence-corrected chi connectivity index (χ3v) is 2.04. The lowest BCUT2D eigenvalue weighted by Gasteiger charge is -2.00. The molecule has 9 heavy (non-hydrogen) atoms. The first-order valence-corrected chi connectivity index (χ1v) is 3.79. The Labute approximate surface area is 58.2 Å². The summed E-state index contributed by atoms with van der Waals surface area (Å²) in [6, 6.07) is 0. The Balaban J connectivity index is 2.65. The molecule has 1 aromatic heterocycles. The molecular weight excluding hydrogens is 134 g/mol. The van der Waals surface area contributed by atoms with Crippen LogP contribution in [0.15, 0.2) is 11.7 Å². The van der Waals surface area contributed by atoms with Crippen LogP contribution < -0.4 is 0 Å². The molecule has 0 saturated carbocycles. The van der Waals surface area contributed by atoms with Gasteiger partial charge in [-0.05, 0) is 6.42 Å². The molecule has 50 valence electrons. The van der Waals surface area contributed by atoms with Crippen LogP contribution >= 0.6 is 11.3 Å². The van der Waals surface area contributed by atoms with E-state index >= 15 is 0 Å². The average molecular weight is 143 g/mol. The van der Waals surface area contributed by atoms with E-state index in [1.54, 1.807) is 11.7 Å². The van der Waals surface area contributed by atoms with Crippen LogP contribution in [0, 0.1) is 0 Å². The molecule has 3 heteroatoms. The van der Waals surface area contributed by atoms with Gasteiger partial charge in [-0.1, -0.05) is 6.92 Å². The van der Waals surface area contributed by atoms with Crippen molar-refractivity contribution in [3.8, 4) is 0 Å². The van der Waals surface area contributed by atoms with Gasteiger partial charge in [0.1, 0.15) is 0 Å². The number of thiazole rings is 1. The Morgan fingerprint density at radius 2 is 2.67 bits per heavy atom. The number of nitrogens with zero attached hydrogens (tertiary/aromatic N) is 1. The third-order valence-electron chi connectivity index (χ3n) is 1.17. The van der Waals surface area contributed by atoms with E-state index in [4.69, 9.17) is 0 Å². The lowest BCUT2D eigenvalue weighted by atomic mass is 10.2. The van der Waals surface area contributed by atoms with Crippen LogP contribution in [-0.4, -0.2) is 10.1 Å². The molecule has 1 atom stereocenters. The largest absolute Gasteiger partial charge is 0.388 e. The standard InChI is InChI=1S/C6H9NOS/c1-2-5(8)6-3-7-4-9-6/h3-5,8H,2H2,1H3/t5-/m0/s1. The Bertz CT molecular complexity index is 162. The van der Waals surface area contributed by atoms with Crippen molar-refractivity contribution in [2.75, 3.05) is 0 Å². The summed E-state index contributed by atoms with van der Waals surface area (Å²) in [7, 11) is 0. The highest BCUT2D eigenvalue weighted by Gasteiger charge is 2.03. The third kappa shape index (κ3) is 1.50. The van der Waals surface area contributed by atoms with E-state index in [0.29, 0.717) is 0 Å². The molecule has 1 rings (SSSR count). The molecule has 0 unspecified atom stereocenters. The zero-order chi connectivity index (χ0) is 6.69. The van der Waals surface area contributed by atoms with Gasteiger partial charge in [0.15, 0.2) is 0 Å². The Morgan fingerprint density at radius 1 is 1.89 bits per heavy atom. The molecule has 1 heterocycles. The quantitative estimate of drug-likeness (QED) is 0.682. The van der Waals surface area contributed by atoms with Crippen molar-refractivity contribution in [2.24, 2.45) is 0 Å². The summed E-state index contributed by atoms with van der Waals surface area (Å²) in [6.45, 7) is 1.95. The van der Waals surface area contributed by atoms with Crippen molar-refractivity contribution in [1.29, 1.82) is 0 Å². The Hall–Kier alpha value is -0.410. The van der Waals surface area contributed by atoms with E-state index in [1.807, 2.05) is 6.92 Å². The van der Waals surface area contributed by atoms with E-state index in [0.717, 1.165) is 11.3 Å². The van der Waals surface area contributed by atoms with E-state index in [2.05, 4.69) is 4.98 Å². The highest BCUT2D eigenvalue weighted by atomic mass is 32.1. The molecule has 0 aliphatic heterocycles. The molecular formula is C6H9NOS.